The van der Waals surface area contributed by atoms with Crippen LogP contribution in [0.3, 0.4) is 0 Å². The van der Waals surface area contributed by atoms with Gasteiger partial charge in [0.25, 0.3) is 5.69 Å². The Hall–Kier alpha value is -3.34. The predicted molar refractivity (Wildman–Crippen MR) is 92.7 cm³/mol. The fourth-order valence-corrected chi connectivity index (χ4v) is 2.89. The lowest BCUT2D eigenvalue weighted by Crippen LogP contribution is -2.09. The molecule has 0 bridgehead atoms. The molecule has 26 heavy (non-hydrogen) atoms. The summed E-state index contributed by atoms with van der Waals surface area (Å²) in [5.41, 5.74) is 1.13. The van der Waals surface area contributed by atoms with Crippen molar-refractivity contribution in [3.05, 3.63) is 64.5 Å². The zero-order chi connectivity index (χ0) is 18.7. The van der Waals surface area contributed by atoms with Gasteiger partial charge in [-0.3, -0.25) is 10.1 Å². The molecule has 3 aromatic rings. The van der Waals surface area contributed by atoms with Gasteiger partial charge in [-0.05, 0) is 40.8 Å². The number of non-ortho nitro benzene ring substituents is 1. The number of hydrogen-bond donors (Lipinski definition) is 1. The summed E-state index contributed by atoms with van der Waals surface area (Å²) >= 11 is 0. The number of benzene rings is 2. The second-order valence-electron chi connectivity index (χ2n) is 5.43. The van der Waals surface area contributed by atoms with E-state index in [0.717, 1.165) is 6.26 Å². The van der Waals surface area contributed by atoms with Crippen molar-refractivity contribution in [1.82, 2.24) is 20.2 Å². The Balaban J connectivity index is 1.79. The van der Waals surface area contributed by atoms with Crippen molar-refractivity contribution < 1.29 is 13.3 Å². The van der Waals surface area contributed by atoms with Crippen LogP contribution in [-0.2, 0) is 16.4 Å². The third-order valence-corrected chi connectivity index (χ3v) is 4.68. The smallest absolute Gasteiger partial charge is 0.271 e. The summed E-state index contributed by atoms with van der Waals surface area (Å²) in [5.74, 6) is 0.462. The van der Waals surface area contributed by atoms with Crippen LogP contribution in [0.15, 0.2) is 53.4 Å². The summed E-state index contributed by atoms with van der Waals surface area (Å²) in [6, 6.07) is 12.2. The van der Waals surface area contributed by atoms with Crippen LogP contribution in [0.2, 0.25) is 0 Å². The third kappa shape index (κ3) is 3.83. The molecule has 1 heterocycles. The molecule has 2 aromatic carbocycles. The van der Waals surface area contributed by atoms with Gasteiger partial charge < -0.3 is 5.32 Å². The molecule has 0 unspecified atom stereocenters. The second kappa shape index (κ2) is 6.88. The number of tetrazole rings is 1. The maximum absolute atomic E-state index is 11.5. The average molecular weight is 374 g/mol. The number of nitro groups is 1. The molecule has 0 fully saturated rings. The van der Waals surface area contributed by atoms with Crippen molar-refractivity contribution in [1.29, 1.82) is 0 Å². The summed E-state index contributed by atoms with van der Waals surface area (Å²) in [7, 11) is -3.28. The number of nitro benzene ring substituents is 1. The molecular weight excluding hydrogens is 360 g/mol. The van der Waals surface area contributed by atoms with Crippen molar-refractivity contribution >= 4 is 21.2 Å². The van der Waals surface area contributed by atoms with Gasteiger partial charge in [0.05, 0.1) is 22.1 Å². The highest BCUT2D eigenvalue weighted by atomic mass is 32.2. The molecule has 0 aliphatic carbocycles. The number of nitrogens with one attached hydrogen (secondary N) is 1. The van der Waals surface area contributed by atoms with Crippen LogP contribution >= 0.6 is 0 Å². The predicted octanol–water partition coefficient (Wildman–Crippen LogP) is 1.59. The SMILES string of the molecule is CS(=O)(=O)c1ccc(-n2nnnc2CNc2cccc([N+](=O)[O-])c2)cc1. The van der Waals surface area contributed by atoms with Gasteiger partial charge in [0.1, 0.15) is 0 Å². The van der Waals surface area contributed by atoms with Crippen molar-refractivity contribution in [3.63, 3.8) is 0 Å². The van der Waals surface area contributed by atoms with Gasteiger partial charge in [0.2, 0.25) is 0 Å². The average Bonchev–Trinajstić information content (AvgIpc) is 3.08. The van der Waals surface area contributed by atoms with E-state index in [1.54, 1.807) is 24.3 Å². The number of nitrogens with zero attached hydrogens (tertiary/aromatic N) is 5. The van der Waals surface area contributed by atoms with Crippen LogP contribution in [-0.4, -0.2) is 39.8 Å². The molecule has 0 amide bonds. The number of anilines is 1. The monoisotopic (exact) mass is 374 g/mol. The molecule has 0 radical (unpaired) electrons. The van der Waals surface area contributed by atoms with E-state index in [1.807, 2.05) is 0 Å². The lowest BCUT2D eigenvalue weighted by Gasteiger charge is -2.08. The van der Waals surface area contributed by atoms with Crippen LogP contribution in [0, 0.1) is 10.1 Å². The standard InChI is InChI=1S/C15H14N6O4S/c1-26(24,25)14-7-5-12(6-8-14)20-15(17-18-19-20)10-16-11-3-2-4-13(9-11)21(22)23/h2-9,16H,10H2,1H3. The lowest BCUT2D eigenvalue weighted by molar-refractivity contribution is -0.384. The normalized spacial score (nSPS) is 11.3. The van der Waals surface area contributed by atoms with Gasteiger partial charge in [-0.25, -0.2) is 8.42 Å². The molecule has 0 saturated heterocycles. The largest absolute Gasteiger partial charge is 0.377 e. The van der Waals surface area contributed by atoms with Crippen molar-refractivity contribution in [2.24, 2.45) is 0 Å². The minimum Gasteiger partial charge on any atom is -0.377 e. The molecule has 134 valence electrons. The van der Waals surface area contributed by atoms with Gasteiger partial charge in [-0.15, -0.1) is 5.10 Å². The number of aromatic nitrogens is 4. The summed E-state index contributed by atoms with van der Waals surface area (Å²) in [6.45, 7) is 0.224. The summed E-state index contributed by atoms with van der Waals surface area (Å²) in [5, 5.41) is 25.3. The molecule has 11 heteroatoms. The van der Waals surface area contributed by atoms with E-state index in [4.69, 9.17) is 0 Å². The number of sulfone groups is 1. The first-order valence-electron chi connectivity index (χ1n) is 7.41. The molecule has 0 atom stereocenters. The lowest BCUT2D eigenvalue weighted by atomic mass is 10.3. The molecule has 1 N–H and O–H groups in total. The van der Waals surface area contributed by atoms with Crippen LogP contribution in [0.1, 0.15) is 5.82 Å². The Morgan fingerprint density at radius 1 is 1.19 bits per heavy atom. The number of hydrogen-bond acceptors (Lipinski definition) is 8. The summed E-state index contributed by atoms with van der Waals surface area (Å²) in [4.78, 5) is 10.5. The van der Waals surface area contributed by atoms with Gasteiger partial charge in [0.15, 0.2) is 15.7 Å². The minimum absolute atomic E-state index is 0.0223. The third-order valence-electron chi connectivity index (χ3n) is 3.55. The molecule has 0 spiro atoms. The van der Waals surface area contributed by atoms with Gasteiger partial charge >= 0.3 is 0 Å². The van der Waals surface area contributed by atoms with E-state index < -0.39 is 14.8 Å². The fourth-order valence-electron chi connectivity index (χ4n) is 2.26. The van der Waals surface area contributed by atoms with Crippen molar-refractivity contribution in [3.8, 4) is 5.69 Å². The van der Waals surface area contributed by atoms with Crippen molar-refractivity contribution in [2.75, 3.05) is 11.6 Å². The molecule has 0 aliphatic rings. The first-order valence-corrected chi connectivity index (χ1v) is 9.30. The quantitative estimate of drug-likeness (QED) is 0.508. The van der Waals surface area contributed by atoms with Gasteiger partial charge in [0, 0.05) is 24.1 Å². The van der Waals surface area contributed by atoms with Crippen molar-refractivity contribution in [2.45, 2.75) is 11.4 Å². The maximum atomic E-state index is 11.5. The number of rotatable bonds is 6. The Morgan fingerprint density at radius 3 is 2.58 bits per heavy atom. The van der Waals surface area contributed by atoms with E-state index in [1.165, 1.54) is 28.9 Å². The molecular formula is C15H14N6O4S. The van der Waals surface area contributed by atoms with Gasteiger partial charge in [-0.2, -0.15) is 4.68 Å². The van der Waals surface area contributed by atoms with Crippen LogP contribution in [0.4, 0.5) is 11.4 Å². The molecule has 1 aromatic heterocycles. The van der Waals surface area contributed by atoms with E-state index in [2.05, 4.69) is 20.8 Å². The van der Waals surface area contributed by atoms with Crippen LogP contribution in [0.5, 0.6) is 0 Å². The van der Waals surface area contributed by atoms with Crippen LogP contribution < -0.4 is 5.32 Å². The zero-order valence-corrected chi connectivity index (χ0v) is 14.4. The Labute approximate surface area is 148 Å². The summed E-state index contributed by atoms with van der Waals surface area (Å²) < 4.78 is 24.5. The second-order valence-corrected chi connectivity index (χ2v) is 7.45. The van der Waals surface area contributed by atoms with E-state index in [-0.39, 0.29) is 17.1 Å². The molecule has 0 aliphatic heterocycles. The Morgan fingerprint density at radius 2 is 1.92 bits per heavy atom. The molecule has 10 nitrogen and oxygen atoms in total. The van der Waals surface area contributed by atoms with E-state index in [0.29, 0.717) is 17.2 Å². The highest BCUT2D eigenvalue weighted by molar-refractivity contribution is 7.90. The van der Waals surface area contributed by atoms with E-state index >= 15 is 0 Å². The highest BCUT2D eigenvalue weighted by Crippen LogP contribution is 2.18. The first kappa shape index (κ1) is 17.5. The first-order chi connectivity index (χ1) is 12.3. The topological polar surface area (TPSA) is 133 Å². The highest BCUT2D eigenvalue weighted by Gasteiger charge is 2.12. The minimum atomic E-state index is -3.28. The zero-order valence-electron chi connectivity index (χ0n) is 13.6. The Bertz CT molecular complexity index is 1050. The molecule has 0 saturated carbocycles. The maximum Gasteiger partial charge on any atom is 0.271 e. The fraction of sp³-hybridized carbons (Fsp3) is 0.133. The van der Waals surface area contributed by atoms with E-state index in [9.17, 15) is 18.5 Å². The van der Waals surface area contributed by atoms with Crippen LogP contribution in [0.25, 0.3) is 5.69 Å². The Kier molecular flexibility index (Phi) is 4.63. The van der Waals surface area contributed by atoms with Gasteiger partial charge in [-0.1, -0.05) is 6.07 Å². The summed E-state index contributed by atoms with van der Waals surface area (Å²) in [6.07, 6.45) is 1.13. The molecule has 3 rings (SSSR count).